The molecule has 0 radical (unpaired) electrons. The number of ether oxygens (including phenoxy) is 1. The molecule has 3 unspecified atom stereocenters. The molecule has 4 rings (SSSR count). The Kier molecular flexibility index (Phi) is 4.75. The van der Waals surface area contributed by atoms with E-state index in [-0.39, 0.29) is 17.3 Å². The first kappa shape index (κ1) is 20.7. The highest BCUT2D eigenvalue weighted by atomic mass is 16.5. The number of rotatable bonds is 1. The molecule has 4 nitrogen and oxygen atoms in total. The molecule has 0 saturated heterocycles. The fraction of sp³-hybridized carbons (Fsp3) is 0.958. The van der Waals surface area contributed by atoms with E-state index in [9.17, 15) is 15.0 Å². The highest BCUT2D eigenvalue weighted by Gasteiger charge is 2.71. The van der Waals surface area contributed by atoms with Crippen molar-refractivity contribution in [3.63, 3.8) is 0 Å². The molecule has 160 valence electrons. The highest BCUT2D eigenvalue weighted by molar-refractivity contribution is 5.75. The lowest BCUT2D eigenvalue weighted by Crippen LogP contribution is -2.65. The molecule has 0 aromatic rings. The molecule has 2 N–H and O–H groups in total. The van der Waals surface area contributed by atoms with E-state index in [0.29, 0.717) is 12.3 Å². The normalized spacial score (nSPS) is 51.0. The zero-order valence-electron chi connectivity index (χ0n) is 18.5. The number of aliphatic hydroxyl groups excluding tert-OH is 1. The monoisotopic (exact) mass is 392 g/mol. The van der Waals surface area contributed by atoms with E-state index in [1.165, 1.54) is 25.7 Å². The van der Waals surface area contributed by atoms with Gasteiger partial charge in [-0.2, -0.15) is 0 Å². The van der Waals surface area contributed by atoms with Gasteiger partial charge in [0.05, 0.1) is 11.5 Å². The maximum Gasteiger partial charge on any atom is 0.311 e. The molecule has 4 heteroatoms. The van der Waals surface area contributed by atoms with E-state index in [4.69, 9.17) is 4.74 Å². The van der Waals surface area contributed by atoms with Gasteiger partial charge in [-0.1, -0.05) is 26.7 Å². The first-order valence-corrected chi connectivity index (χ1v) is 11.6. The van der Waals surface area contributed by atoms with Crippen LogP contribution in [0.1, 0.15) is 92.4 Å². The molecule has 0 aliphatic heterocycles. The summed E-state index contributed by atoms with van der Waals surface area (Å²) in [4.78, 5) is 12.6. The lowest BCUT2D eigenvalue weighted by Gasteiger charge is -2.63. The first-order valence-electron chi connectivity index (χ1n) is 11.6. The van der Waals surface area contributed by atoms with Gasteiger partial charge in [0.15, 0.2) is 0 Å². The molecule has 4 saturated carbocycles. The summed E-state index contributed by atoms with van der Waals surface area (Å²) in [6, 6.07) is 0. The molecule has 28 heavy (non-hydrogen) atoms. The highest BCUT2D eigenvalue weighted by Crippen LogP contribution is 2.68. The molecule has 0 spiro atoms. The quantitative estimate of drug-likeness (QED) is 0.647. The Morgan fingerprint density at radius 1 is 1.00 bits per heavy atom. The zero-order valence-corrected chi connectivity index (χ0v) is 18.5. The van der Waals surface area contributed by atoms with Crippen molar-refractivity contribution in [2.45, 2.75) is 110 Å². The predicted octanol–water partition coefficient (Wildman–Crippen LogP) is 4.46. The minimum atomic E-state index is -1.15. The summed E-state index contributed by atoms with van der Waals surface area (Å²) in [5, 5.41) is 23.2. The number of hydrogen-bond acceptors (Lipinski definition) is 4. The van der Waals surface area contributed by atoms with E-state index in [0.717, 1.165) is 31.6 Å². The fourth-order valence-corrected chi connectivity index (χ4v) is 7.74. The Balaban J connectivity index is 1.65. The second-order valence-corrected chi connectivity index (χ2v) is 11.9. The van der Waals surface area contributed by atoms with E-state index in [1.54, 1.807) is 0 Å². The molecule has 4 aliphatic carbocycles. The summed E-state index contributed by atoms with van der Waals surface area (Å²) < 4.78 is 5.94. The number of hydrogen-bond donors (Lipinski definition) is 2. The second-order valence-electron chi connectivity index (χ2n) is 11.9. The van der Waals surface area contributed by atoms with Crippen LogP contribution in [0.15, 0.2) is 0 Å². The topological polar surface area (TPSA) is 66.8 Å². The average molecular weight is 393 g/mol. The second kappa shape index (κ2) is 6.44. The number of aliphatic hydroxyl groups is 2. The van der Waals surface area contributed by atoms with Crippen molar-refractivity contribution in [3.8, 4) is 0 Å². The van der Waals surface area contributed by atoms with Gasteiger partial charge in [0.1, 0.15) is 11.7 Å². The van der Waals surface area contributed by atoms with Crippen LogP contribution in [0.4, 0.5) is 0 Å². The summed E-state index contributed by atoms with van der Waals surface area (Å²) in [5.74, 6) is 1.11. The maximum absolute atomic E-state index is 12.6. The average Bonchev–Trinajstić information content (AvgIpc) is 2.81. The van der Waals surface area contributed by atoms with Gasteiger partial charge in [-0.15, -0.1) is 0 Å². The van der Waals surface area contributed by atoms with E-state index >= 15 is 0 Å². The largest absolute Gasteiger partial charge is 0.461 e. The molecule has 0 aromatic heterocycles. The van der Waals surface area contributed by atoms with Crippen molar-refractivity contribution in [3.05, 3.63) is 0 Å². The molecular weight excluding hydrogens is 352 g/mol. The third kappa shape index (κ3) is 2.66. The third-order valence-electron chi connectivity index (χ3n) is 9.58. The molecule has 0 heterocycles. The van der Waals surface area contributed by atoms with Crippen LogP contribution in [0.25, 0.3) is 0 Å². The van der Waals surface area contributed by atoms with Crippen LogP contribution >= 0.6 is 0 Å². The Labute approximate surface area is 170 Å². The smallest absolute Gasteiger partial charge is 0.311 e. The van der Waals surface area contributed by atoms with Crippen LogP contribution in [0.3, 0.4) is 0 Å². The summed E-state index contributed by atoms with van der Waals surface area (Å²) in [7, 11) is 0. The number of carbonyl (C=O) groups is 1. The Hall–Kier alpha value is -0.610. The minimum absolute atomic E-state index is 0.110. The Morgan fingerprint density at radius 3 is 2.39 bits per heavy atom. The number of fused-ring (bicyclic) bond motifs is 5. The van der Waals surface area contributed by atoms with Crippen molar-refractivity contribution in [1.29, 1.82) is 0 Å². The standard InChI is InChI=1S/C24H40O4/c1-21(2,3)20(26)28-19-14-18(25)24(27)17-10-9-15-8-6-7-12-22(15,4)16(17)11-13-23(19,24)5/h15-19,25,27H,6-14H2,1-5H3/t15?,16-,17-,18?,19?,22+,23-,24+/m1/s1. The predicted molar refractivity (Wildman–Crippen MR) is 109 cm³/mol. The summed E-state index contributed by atoms with van der Waals surface area (Å²) in [5.41, 5.74) is -2.00. The number of carbonyl (C=O) groups excluding carboxylic acids is 1. The lowest BCUT2D eigenvalue weighted by atomic mass is 9.43. The van der Waals surface area contributed by atoms with Gasteiger partial charge in [0.25, 0.3) is 0 Å². The SMILES string of the molecule is CC(C)(C)C(=O)OC1CC(O)[C@@]2(O)[C@@H]3CCC4CCCC[C@]4(C)[C@@H]3CC[C@]12C. The van der Waals surface area contributed by atoms with Gasteiger partial charge in [-0.3, -0.25) is 4.79 Å². The molecular formula is C24H40O4. The zero-order chi connectivity index (χ0) is 20.5. The van der Waals surface area contributed by atoms with Gasteiger partial charge < -0.3 is 14.9 Å². The Bertz CT molecular complexity index is 639. The summed E-state index contributed by atoms with van der Waals surface area (Å²) in [6.07, 6.45) is 8.41. The van der Waals surface area contributed by atoms with Crippen LogP contribution in [0.2, 0.25) is 0 Å². The molecule has 4 aliphatic rings. The van der Waals surface area contributed by atoms with Crippen LogP contribution in [-0.2, 0) is 9.53 Å². The van der Waals surface area contributed by atoms with Crippen LogP contribution < -0.4 is 0 Å². The Morgan fingerprint density at radius 2 is 1.71 bits per heavy atom. The molecule has 0 aromatic carbocycles. The van der Waals surface area contributed by atoms with Gasteiger partial charge in [-0.25, -0.2) is 0 Å². The molecule has 0 bridgehead atoms. The van der Waals surface area contributed by atoms with Crippen LogP contribution in [0.5, 0.6) is 0 Å². The van der Waals surface area contributed by atoms with Crippen molar-refractivity contribution in [2.75, 3.05) is 0 Å². The van der Waals surface area contributed by atoms with Crippen molar-refractivity contribution >= 4 is 5.97 Å². The first-order chi connectivity index (χ1) is 12.9. The summed E-state index contributed by atoms with van der Waals surface area (Å²) in [6.45, 7) is 10.1. The maximum atomic E-state index is 12.6. The van der Waals surface area contributed by atoms with E-state index in [2.05, 4.69) is 13.8 Å². The molecule has 8 atom stereocenters. The van der Waals surface area contributed by atoms with Crippen molar-refractivity contribution in [2.24, 2.45) is 34.0 Å². The van der Waals surface area contributed by atoms with Crippen molar-refractivity contribution in [1.82, 2.24) is 0 Å². The third-order valence-corrected chi connectivity index (χ3v) is 9.58. The lowest BCUT2D eigenvalue weighted by molar-refractivity contribution is -0.241. The van der Waals surface area contributed by atoms with Crippen LogP contribution in [-0.4, -0.2) is 34.0 Å². The van der Waals surface area contributed by atoms with E-state index < -0.39 is 28.6 Å². The molecule has 4 fully saturated rings. The van der Waals surface area contributed by atoms with Gasteiger partial charge in [0.2, 0.25) is 0 Å². The number of esters is 1. The molecule has 0 amide bonds. The fourth-order valence-electron chi connectivity index (χ4n) is 7.74. The van der Waals surface area contributed by atoms with Crippen LogP contribution in [0, 0.1) is 34.0 Å². The van der Waals surface area contributed by atoms with Gasteiger partial charge in [-0.05, 0) is 82.5 Å². The summed E-state index contributed by atoms with van der Waals surface area (Å²) >= 11 is 0. The van der Waals surface area contributed by atoms with Crippen molar-refractivity contribution < 1.29 is 19.7 Å². The minimum Gasteiger partial charge on any atom is -0.461 e. The van der Waals surface area contributed by atoms with E-state index in [1.807, 2.05) is 20.8 Å². The van der Waals surface area contributed by atoms with Gasteiger partial charge in [0, 0.05) is 11.8 Å². The van der Waals surface area contributed by atoms with Gasteiger partial charge >= 0.3 is 5.97 Å².